The van der Waals surface area contributed by atoms with Crippen molar-refractivity contribution in [3.8, 4) is 0 Å². The van der Waals surface area contributed by atoms with Crippen LogP contribution >= 0.6 is 11.3 Å². The van der Waals surface area contributed by atoms with Gasteiger partial charge >= 0.3 is 6.18 Å². The van der Waals surface area contributed by atoms with E-state index < -0.39 is 23.2 Å². The van der Waals surface area contributed by atoms with Gasteiger partial charge in [0.05, 0.1) is 28.5 Å². The maximum atomic E-state index is 13.0. The summed E-state index contributed by atoms with van der Waals surface area (Å²) in [6.07, 6.45) is 0.256. The fraction of sp³-hybridized carbons (Fsp3) is 0.522. The molecule has 2 aliphatic rings. The number of benzene rings is 1. The smallest absolute Gasteiger partial charge is 0.384 e. The van der Waals surface area contributed by atoms with Gasteiger partial charge in [0.15, 0.2) is 0 Å². The minimum atomic E-state index is -4.55. The molecule has 3 N–H and O–H groups in total. The van der Waals surface area contributed by atoms with Gasteiger partial charge in [-0.3, -0.25) is 19.5 Å². The Balaban J connectivity index is 1.19. The highest BCUT2D eigenvalue weighted by molar-refractivity contribution is 7.09. The Kier molecular flexibility index (Phi) is 6.97. The molecule has 34 heavy (non-hydrogen) atoms. The quantitative estimate of drug-likeness (QED) is 0.572. The van der Waals surface area contributed by atoms with E-state index in [0.29, 0.717) is 37.5 Å². The molecule has 11 heteroatoms. The molecule has 2 amide bonds. The number of carbonyl (C=O) groups is 2. The molecule has 2 aromatic rings. The number of rotatable bonds is 6. The van der Waals surface area contributed by atoms with Gasteiger partial charge in [0.2, 0.25) is 5.91 Å². The number of nitrogens with one attached hydrogen (secondary N) is 2. The Morgan fingerprint density at radius 2 is 1.94 bits per heavy atom. The standard InChI is InChI=1S/C23H27F3N4O3S/c1-14-6-15(8-16(7-14)23(24,25)26)21(32)28-10-20(31)29-17-11-30(12-17)18-2-4-22(33,5-3-18)19-9-27-13-34-19/h6-9,13,17-18,33H,2-5,10-12H2,1H3,(H,28,32)(H,29,31). The third-order valence-corrected chi connectivity index (χ3v) is 7.51. The molecule has 0 atom stereocenters. The van der Waals surface area contributed by atoms with E-state index in [9.17, 15) is 27.9 Å². The first-order valence-corrected chi connectivity index (χ1v) is 12.0. The van der Waals surface area contributed by atoms with E-state index in [1.165, 1.54) is 24.3 Å². The van der Waals surface area contributed by atoms with Crippen LogP contribution in [-0.4, -0.2) is 58.5 Å². The van der Waals surface area contributed by atoms with E-state index in [1.807, 2.05) is 0 Å². The minimum Gasteiger partial charge on any atom is -0.384 e. The summed E-state index contributed by atoms with van der Waals surface area (Å²) in [4.78, 5) is 31.7. The van der Waals surface area contributed by atoms with Crippen LogP contribution in [0.2, 0.25) is 0 Å². The maximum Gasteiger partial charge on any atom is 0.416 e. The molecule has 0 radical (unpaired) electrons. The molecule has 1 aliphatic heterocycles. The van der Waals surface area contributed by atoms with Gasteiger partial charge < -0.3 is 15.7 Å². The molecule has 1 aromatic carbocycles. The molecular weight excluding hydrogens is 469 g/mol. The van der Waals surface area contributed by atoms with Crippen LogP contribution in [0.4, 0.5) is 13.2 Å². The Bertz CT molecular complexity index is 1030. The molecule has 1 saturated carbocycles. The number of hydrogen-bond donors (Lipinski definition) is 3. The van der Waals surface area contributed by atoms with Crippen molar-refractivity contribution in [3.05, 3.63) is 51.5 Å². The molecule has 1 aromatic heterocycles. The van der Waals surface area contributed by atoms with Crippen LogP contribution in [0.5, 0.6) is 0 Å². The van der Waals surface area contributed by atoms with Crippen molar-refractivity contribution in [3.63, 3.8) is 0 Å². The predicted octanol–water partition coefficient (Wildman–Crippen LogP) is 2.83. The summed E-state index contributed by atoms with van der Waals surface area (Å²) in [5.41, 5.74) is 0.208. The molecule has 0 bridgehead atoms. The number of hydrogen-bond acceptors (Lipinski definition) is 6. The molecule has 2 heterocycles. The SMILES string of the molecule is Cc1cc(C(=O)NCC(=O)NC2CN(C3CCC(O)(c4cncs4)CC3)C2)cc(C(F)(F)F)c1. The number of thiazole rings is 1. The van der Waals surface area contributed by atoms with Crippen LogP contribution in [-0.2, 0) is 16.6 Å². The van der Waals surface area contributed by atoms with Crippen LogP contribution in [0.1, 0.15) is 52.0 Å². The number of aromatic nitrogens is 1. The van der Waals surface area contributed by atoms with Gasteiger partial charge in [-0.2, -0.15) is 13.2 Å². The summed E-state index contributed by atoms with van der Waals surface area (Å²) >= 11 is 1.47. The van der Waals surface area contributed by atoms with Crippen molar-refractivity contribution < 1.29 is 27.9 Å². The lowest BCUT2D eigenvalue weighted by atomic mass is 9.80. The van der Waals surface area contributed by atoms with Crippen molar-refractivity contribution in [1.82, 2.24) is 20.5 Å². The van der Waals surface area contributed by atoms with Crippen LogP contribution in [0.3, 0.4) is 0 Å². The number of nitrogens with zero attached hydrogens (tertiary/aromatic N) is 2. The number of alkyl halides is 3. The Morgan fingerprint density at radius 1 is 1.24 bits per heavy atom. The lowest BCUT2D eigenvalue weighted by molar-refractivity contribution is -0.137. The van der Waals surface area contributed by atoms with E-state index in [0.717, 1.165) is 29.9 Å². The topological polar surface area (TPSA) is 94.6 Å². The number of likely N-dealkylation sites (tertiary alicyclic amines) is 1. The van der Waals surface area contributed by atoms with Crippen LogP contribution in [0, 0.1) is 6.92 Å². The number of aliphatic hydroxyl groups is 1. The zero-order chi connectivity index (χ0) is 24.5. The van der Waals surface area contributed by atoms with Crippen molar-refractivity contribution in [1.29, 1.82) is 0 Å². The summed E-state index contributed by atoms with van der Waals surface area (Å²) in [7, 11) is 0. The fourth-order valence-corrected chi connectivity index (χ4v) is 5.44. The summed E-state index contributed by atoms with van der Waals surface area (Å²) in [5, 5.41) is 16.1. The average molecular weight is 497 g/mol. The average Bonchev–Trinajstić information content (AvgIpc) is 3.30. The summed E-state index contributed by atoms with van der Waals surface area (Å²) in [6.45, 7) is 2.55. The van der Waals surface area contributed by atoms with Gasteiger partial charge in [-0.25, -0.2) is 0 Å². The van der Waals surface area contributed by atoms with Crippen molar-refractivity contribution in [2.24, 2.45) is 0 Å². The molecule has 0 spiro atoms. The first-order chi connectivity index (χ1) is 16.0. The number of aryl methyl sites for hydroxylation is 1. The van der Waals surface area contributed by atoms with Crippen LogP contribution in [0.15, 0.2) is 29.9 Å². The fourth-order valence-electron chi connectivity index (χ4n) is 4.66. The highest BCUT2D eigenvalue weighted by Crippen LogP contribution is 2.40. The molecule has 2 fully saturated rings. The van der Waals surface area contributed by atoms with Crippen molar-refractivity contribution in [2.45, 2.75) is 56.5 Å². The van der Waals surface area contributed by atoms with Gasteiger partial charge in [-0.1, -0.05) is 0 Å². The predicted molar refractivity (Wildman–Crippen MR) is 120 cm³/mol. The highest BCUT2D eigenvalue weighted by atomic mass is 32.1. The van der Waals surface area contributed by atoms with E-state index in [2.05, 4.69) is 20.5 Å². The summed E-state index contributed by atoms with van der Waals surface area (Å²) in [6, 6.07) is 3.42. The molecule has 1 aliphatic carbocycles. The van der Waals surface area contributed by atoms with Crippen LogP contribution < -0.4 is 10.6 Å². The van der Waals surface area contributed by atoms with E-state index in [4.69, 9.17) is 0 Å². The zero-order valence-electron chi connectivity index (χ0n) is 18.7. The number of halogens is 3. The van der Waals surface area contributed by atoms with Crippen LogP contribution in [0.25, 0.3) is 0 Å². The number of amides is 2. The Hall–Kier alpha value is -2.50. The third-order valence-electron chi connectivity index (χ3n) is 6.54. The van der Waals surface area contributed by atoms with Crippen molar-refractivity contribution >= 4 is 23.2 Å². The van der Waals surface area contributed by atoms with Gasteiger partial charge in [-0.15, -0.1) is 11.3 Å². The van der Waals surface area contributed by atoms with E-state index in [-0.39, 0.29) is 24.1 Å². The highest BCUT2D eigenvalue weighted by Gasteiger charge is 2.41. The van der Waals surface area contributed by atoms with Gasteiger partial charge in [0.1, 0.15) is 5.60 Å². The monoisotopic (exact) mass is 496 g/mol. The Morgan fingerprint density at radius 3 is 2.56 bits per heavy atom. The lowest BCUT2D eigenvalue weighted by Gasteiger charge is -2.48. The summed E-state index contributed by atoms with van der Waals surface area (Å²) < 4.78 is 38.9. The molecule has 7 nitrogen and oxygen atoms in total. The van der Waals surface area contributed by atoms with E-state index in [1.54, 1.807) is 11.7 Å². The largest absolute Gasteiger partial charge is 0.416 e. The minimum absolute atomic E-state index is 0.0393. The second-order valence-electron chi connectivity index (χ2n) is 9.11. The van der Waals surface area contributed by atoms with Gasteiger partial charge in [-0.05, 0) is 56.4 Å². The van der Waals surface area contributed by atoms with Gasteiger partial charge in [0.25, 0.3) is 5.91 Å². The second kappa shape index (κ2) is 9.63. The molecule has 1 saturated heterocycles. The molecule has 4 rings (SSSR count). The second-order valence-corrected chi connectivity index (χ2v) is 10.0. The van der Waals surface area contributed by atoms with Gasteiger partial charge in [0, 0.05) is 30.9 Å². The van der Waals surface area contributed by atoms with Crippen molar-refractivity contribution in [2.75, 3.05) is 19.6 Å². The zero-order valence-corrected chi connectivity index (χ0v) is 19.5. The normalized spacial score (nSPS) is 23.9. The lowest BCUT2D eigenvalue weighted by Crippen LogP contribution is -2.63. The first-order valence-electron chi connectivity index (χ1n) is 11.2. The molecule has 0 unspecified atom stereocenters. The van der Waals surface area contributed by atoms with E-state index >= 15 is 0 Å². The number of carbonyl (C=O) groups excluding carboxylic acids is 2. The maximum absolute atomic E-state index is 13.0. The Labute approximate surface area is 199 Å². The molecular formula is C23H27F3N4O3S. The first kappa shape index (κ1) is 24.6. The molecule has 184 valence electrons. The third kappa shape index (κ3) is 5.59. The summed E-state index contributed by atoms with van der Waals surface area (Å²) in [5.74, 6) is -1.11.